The van der Waals surface area contributed by atoms with Crippen molar-refractivity contribution in [1.29, 1.82) is 0 Å². The fourth-order valence-electron chi connectivity index (χ4n) is 3.01. The van der Waals surface area contributed by atoms with Gasteiger partial charge in [-0.2, -0.15) is 4.98 Å². The summed E-state index contributed by atoms with van der Waals surface area (Å²) in [7, 11) is 3.29. The first-order chi connectivity index (χ1) is 11.1. The zero-order chi connectivity index (χ0) is 16.4. The third-order valence-corrected chi connectivity index (χ3v) is 4.95. The van der Waals surface area contributed by atoms with Crippen LogP contribution in [0.2, 0.25) is 0 Å². The number of amides is 1. The fourth-order valence-corrected chi connectivity index (χ4v) is 3.01. The number of hydrogen-bond donors (Lipinski definition) is 0. The Labute approximate surface area is 136 Å². The van der Waals surface area contributed by atoms with Gasteiger partial charge in [0.25, 0.3) is 5.89 Å². The van der Waals surface area contributed by atoms with E-state index < -0.39 is 5.60 Å². The first-order valence-corrected chi connectivity index (χ1v) is 8.28. The van der Waals surface area contributed by atoms with E-state index in [1.54, 1.807) is 14.2 Å². The average molecular weight is 323 g/mol. The first-order valence-electron chi connectivity index (χ1n) is 8.28. The summed E-state index contributed by atoms with van der Waals surface area (Å²) < 4.78 is 16.4. The molecule has 1 aliphatic carbocycles. The number of nitrogens with zero attached hydrogens (tertiary/aromatic N) is 3. The van der Waals surface area contributed by atoms with E-state index in [9.17, 15) is 4.79 Å². The van der Waals surface area contributed by atoms with Gasteiger partial charge in [0.1, 0.15) is 5.60 Å². The number of ether oxygens (including phenoxy) is 2. The van der Waals surface area contributed by atoms with Crippen molar-refractivity contribution in [3.63, 3.8) is 0 Å². The summed E-state index contributed by atoms with van der Waals surface area (Å²) in [6.45, 7) is 3.16. The maximum absolute atomic E-state index is 12.3. The highest BCUT2D eigenvalue weighted by Gasteiger charge is 2.43. The van der Waals surface area contributed by atoms with Gasteiger partial charge < -0.3 is 18.9 Å². The fraction of sp³-hybridized carbons (Fsp3) is 0.812. The van der Waals surface area contributed by atoms with Crippen molar-refractivity contribution in [3.05, 3.63) is 11.7 Å². The average Bonchev–Trinajstić information content (AvgIpc) is 3.31. The molecule has 0 N–H and O–H groups in total. The normalized spacial score (nSPS) is 22.1. The van der Waals surface area contributed by atoms with Crippen LogP contribution in [0.4, 0.5) is 0 Å². The Morgan fingerprint density at radius 3 is 2.65 bits per heavy atom. The molecule has 128 valence electrons. The molecule has 7 nitrogen and oxygen atoms in total. The van der Waals surface area contributed by atoms with Crippen LogP contribution in [0.5, 0.6) is 0 Å². The van der Waals surface area contributed by atoms with E-state index in [1.165, 1.54) is 0 Å². The molecule has 2 fully saturated rings. The van der Waals surface area contributed by atoms with Crippen molar-refractivity contribution in [1.82, 2.24) is 15.0 Å². The second kappa shape index (κ2) is 6.57. The van der Waals surface area contributed by atoms with Gasteiger partial charge in [-0.25, -0.2) is 0 Å². The number of carbonyl (C=O) groups is 1. The Morgan fingerprint density at radius 1 is 1.39 bits per heavy atom. The van der Waals surface area contributed by atoms with Gasteiger partial charge in [0.05, 0.1) is 12.5 Å². The van der Waals surface area contributed by atoms with E-state index in [0.717, 1.165) is 18.7 Å². The summed E-state index contributed by atoms with van der Waals surface area (Å²) in [6.07, 6.45) is 3.96. The second-order valence-electron chi connectivity index (χ2n) is 6.56. The molecule has 0 unspecified atom stereocenters. The van der Waals surface area contributed by atoms with Crippen LogP contribution >= 0.6 is 0 Å². The summed E-state index contributed by atoms with van der Waals surface area (Å²) in [6, 6.07) is 0. The monoisotopic (exact) mass is 323 g/mol. The zero-order valence-electron chi connectivity index (χ0n) is 14.1. The SMILES string of the molecule is CO[C@@H](C)CC(=O)N1CCC(OC)(c2nc(C3CC3)no2)CC1. The first kappa shape index (κ1) is 16.4. The van der Waals surface area contributed by atoms with Crippen molar-refractivity contribution in [3.8, 4) is 0 Å². The molecule has 7 heteroatoms. The number of methoxy groups -OCH3 is 2. The van der Waals surface area contributed by atoms with Crippen LogP contribution in [0.25, 0.3) is 0 Å². The minimum Gasteiger partial charge on any atom is -0.381 e. The lowest BCUT2D eigenvalue weighted by Crippen LogP contribution is -2.46. The van der Waals surface area contributed by atoms with Crippen molar-refractivity contribution >= 4 is 5.91 Å². The lowest BCUT2D eigenvalue weighted by atomic mass is 9.90. The van der Waals surface area contributed by atoms with Crippen molar-refractivity contribution < 1.29 is 18.8 Å². The number of aromatic nitrogens is 2. The molecule has 0 aromatic carbocycles. The molecule has 0 bridgehead atoms. The maximum Gasteiger partial charge on any atom is 0.259 e. The second-order valence-corrected chi connectivity index (χ2v) is 6.56. The zero-order valence-corrected chi connectivity index (χ0v) is 14.1. The molecule has 2 aliphatic rings. The minimum atomic E-state index is -0.566. The largest absolute Gasteiger partial charge is 0.381 e. The maximum atomic E-state index is 12.3. The molecular weight excluding hydrogens is 298 g/mol. The van der Waals surface area contributed by atoms with Crippen LogP contribution in [0.3, 0.4) is 0 Å². The predicted molar refractivity (Wildman–Crippen MR) is 81.9 cm³/mol. The van der Waals surface area contributed by atoms with Gasteiger partial charge >= 0.3 is 0 Å². The summed E-state index contributed by atoms with van der Waals surface area (Å²) in [5.74, 6) is 1.93. The molecule has 1 aliphatic heterocycles. The van der Waals surface area contributed by atoms with Crippen LogP contribution in [-0.4, -0.2) is 54.4 Å². The molecule has 0 spiro atoms. The molecule has 1 saturated carbocycles. The van der Waals surface area contributed by atoms with E-state index in [1.807, 2.05) is 11.8 Å². The number of piperidine rings is 1. The Hall–Kier alpha value is -1.47. The quantitative estimate of drug-likeness (QED) is 0.795. The van der Waals surface area contributed by atoms with Crippen LogP contribution < -0.4 is 0 Å². The van der Waals surface area contributed by atoms with Crippen LogP contribution in [0, 0.1) is 0 Å². The molecule has 1 aromatic heterocycles. The Bertz CT molecular complexity index is 547. The minimum absolute atomic E-state index is 0.0614. The van der Waals surface area contributed by atoms with E-state index in [-0.39, 0.29) is 12.0 Å². The molecule has 23 heavy (non-hydrogen) atoms. The van der Waals surface area contributed by atoms with Gasteiger partial charge in [0.2, 0.25) is 5.91 Å². The molecule has 1 atom stereocenters. The van der Waals surface area contributed by atoms with Crippen LogP contribution in [-0.2, 0) is 19.9 Å². The lowest BCUT2D eigenvalue weighted by Gasteiger charge is -2.38. The Kier molecular flexibility index (Phi) is 4.68. The highest BCUT2D eigenvalue weighted by molar-refractivity contribution is 5.76. The highest BCUT2D eigenvalue weighted by Crippen LogP contribution is 2.41. The van der Waals surface area contributed by atoms with E-state index in [2.05, 4.69) is 10.1 Å². The van der Waals surface area contributed by atoms with E-state index in [0.29, 0.717) is 44.2 Å². The Balaban J connectivity index is 1.63. The van der Waals surface area contributed by atoms with Crippen molar-refractivity contribution in [2.45, 2.75) is 56.7 Å². The van der Waals surface area contributed by atoms with E-state index >= 15 is 0 Å². The van der Waals surface area contributed by atoms with Gasteiger partial charge in [0, 0.05) is 46.1 Å². The molecule has 1 aromatic rings. The third kappa shape index (κ3) is 3.40. The van der Waals surface area contributed by atoms with Gasteiger partial charge in [-0.1, -0.05) is 5.16 Å². The lowest BCUT2D eigenvalue weighted by molar-refractivity contribution is -0.141. The molecule has 2 heterocycles. The van der Waals surface area contributed by atoms with Crippen molar-refractivity contribution in [2.24, 2.45) is 0 Å². The summed E-state index contributed by atoms with van der Waals surface area (Å²) in [5, 5.41) is 4.09. The summed E-state index contributed by atoms with van der Waals surface area (Å²) in [4.78, 5) is 18.7. The van der Waals surface area contributed by atoms with Crippen LogP contribution in [0.1, 0.15) is 56.7 Å². The number of likely N-dealkylation sites (tertiary alicyclic amines) is 1. The number of carbonyl (C=O) groups excluding carboxylic acids is 1. The number of hydrogen-bond acceptors (Lipinski definition) is 6. The molecular formula is C16H25N3O4. The summed E-state index contributed by atoms with van der Waals surface area (Å²) in [5.41, 5.74) is -0.566. The topological polar surface area (TPSA) is 77.7 Å². The molecule has 3 rings (SSSR count). The predicted octanol–water partition coefficient (Wildman–Crippen LogP) is 1.84. The molecule has 1 amide bonds. The molecule has 1 saturated heterocycles. The highest BCUT2D eigenvalue weighted by atomic mass is 16.5. The molecule has 0 radical (unpaired) electrons. The standard InChI is InChI=1S/C16H25N3O4/c1-11(21-2)10-13(20)19-8-6-16(22-3,7-9-19)15-17-14(18-23-15)12-4-5-12/h11-12H,4-10H2,1-3H3/t11-/m0/s1. The van der Waals surface area contributed by atoms with Gasteiger partial charge in [-0.05, 0) is 19.8 Å². The smallest absolute Gasteiger partial charge is 0.259 e. The van der Waals surface area contributed by atoms with Gasteiger partial charge in [-0.15, -0.1) is 0 Å². The van der Waals surface area contributed by atoms with Gasteiger partial charge in [-0.3, -0.25) is 4.79 Å². The summed E-state index contributed by atoms with van der Waals surface area (Å²) >= 11 is 0. The Morgan fingerprint density at radius 2 is 2.09 bits per heavy atom. The van der Waals surface area contributed by atoms with Crippen LogP contribution in [0.15, 0.2) is 4.52 Å². The van der Waals surface area contributed by atoms with E-state index in [4.69, 9.17) is 14.0 Å². The van der Waals surface area contributed by atoms with Gasteiger partial charge in [0.15, 0.2) is 5.82 Å². The number of rotatable bonds is 6. The van der Waals surface area contributed by atoms with Crippen molar-refractivity contribution in [2.75, 3.05) is 27.3 Å². The third-order valence-electron chi connectivity index (χ3n) is 4.95.